The van der Waals surface area contributed by atoms with Crippen molar-refractivity contribution in [2.24, 2.45) is 12.8 Å². The minimum Gasteiger partial charge on any atom is -0.330 e. The third-order valence-corrected chi connectivity index (χ3v) is 3.15. The highest BCUT2D eigenvalue weighted by molar-refractivity contribution is 5.30. The van der Waals surface area contributed by atoms with Gasteiger partial charge in [0.25, 0.3) is 0 Å². The van der Waals surface area contributed by atoms with Gasteiger partial charge in [0.1, 0.15) is 0 Å². The second-order valence-corrected chi connectivity index (χ2v) is 4.52. The van der Waals surface area contributed by atoms with Gasteiger partial charge in [-0.15, -0.1) is 0 Å². The van der Waals surface area contributed by atoms with Crippen molar-refractivity contribution in [3.05, 3.63) is 53.3 Å². The van der Waals surface area contributed by atoms with Gasteiger partial charge in [-0.2, -0.15) is 5.10 Å². The second kappa shape index (κ2) is 5.15. The summed E-state index contributed by atoms with van der Waals surface area (Å²) in [5, 5.41) is 4.20. The van der Waals surface area contributed by atoms with Crippen molar-refractivity contribution < 1.29 is 0 Å². The van der Waals surface area contributed by atoms with Crippen LogP contribution in [-0.4, -0.2) is 16.3 Å². The van der Waals surface area contributed by atoms with Gasteiger partial charge in [0, 0.05) is 19.2 Å². The maximum Gasteiger partial charge on any atom is 0.0521 e. The lowest BCUT2D eigenvalue weighted by Gasteiger charge is -2.16. The van der Waals surface area contributed by atoms with Crippen molar-refractivity contribution in [2.45, 2.75) is 19.3 Å². The number of benzene rings is 1. The molecule has 0 aliphatic carbocycles. The van der Waals surface area contributed by atoms with E-state index < -0.39 is 0 Å². The molecule has 3 nitrogen and oxygen atoms in total. The van der Waals surface area contributed by atoms with Crippen molar-refractivity contribution in [3.63, 3.8) is 0 Å². The molecule has 0 saturated carbocycles. The molecule has 0 bridgehead atoms. The van der Waals surface area contributed by atoms with Crippen LogP contribution in [0.2, 0.25) is 0 Å². The highest BCUT2D eigenvalue weighted by Crippen LogP contribution is 2.22. The summed E-state index contributed by atoms with van der Waals surface area (Å²) < 4.78 is 1.83. The van der Waals surface area contributed by atoms with Gasteiger partial charge >= 0.3 is 0 Å². The van der Waals surface area contributed by atoms with Crippen LogP contribution < -0.4 is 5.73 Å². The lowest BCUT2D eigenvalue weighted by molar-refractivity contribution is 0.688. The first-order valence-corrected chi connectivity index (χ1v) is 5.94. The number of aryl methyl sites for hydroxylation is 2. The zero-order valence-electron chi connectivity index (χ0n) is 10.4. The molecule has 1 atom stereocenters. The monoisotopic (exact) mass is 229 g/mol. The number of nitrogens with zero attached hydrogens (tertiary/aromatic N) is 2. The van der Waals surface area contributed by atoms with Gasteiger partial charge in [0.15, 0.2) is 0 Å². The van der Waals surface area contributed by atoms with E-state index in [0.29, 0.717) is 12.5 Å². The Balaban J connectivity index is 2.20. The van der Waals surface area contributed by atoms with E-state index in [1.807, 2.05) is 17.9 Å². The maximum absolute atomic E-state index is 5.90. The highest BCUT2D eigenvalue weighted by Gasteiger charge is 2.13. The molecule has 2 N–H and O–H groups in total. The fourth-order valence-corrected chi connectivity index (χ4v) is 2.23. The standard InChI is InChI=1S/C14H19N3/c1-11-5-3-4-6-14(11)13(8-15)7-12-9-16-17(2)10-12/h3-6,9-10,13H,7-8,15H2,1-2H3. The Morgan fingerprint density at radius 2 is 2.12 bits per heavy atom. The van der Waals surface area contributed by atoms with Crippen molar-refractivity contribution >= 4 is 0 Å². The Kier molecular flexibility index (Phi) is 3.59. The van der Waals surface area contributed by atoms with Crippen molar-refractivity contribution in [3.8, 4) is 0 Å². The van der Waals surface area contributed by atoms with E-state index in [2.05, 4.69) is 42.5 Å². The highest BCUT2D eigenvalue weighted by atomic mass is 15.2. The van der Waals surface area contributed by atoms with Gasteiger partial charge in [-0.1, -0.05) is 24.3 Å². The Morgan fingerprint density at radius 1 is 1.35 bits per heavy atom. The average molecular weight is 229 g/mol. The molecule has 0 aliphatic rings. The zero-order valence-corrected chi connectivity index (χ0v) is 10.4. The molecule has 1 unspecified atom stereocenters. The molecular formula is C14H19N3. The molecule has 0 saturated heterocycles. The number of hydrogen-bond donors (Lipinski definition) is 1. The summed E-state index contributed by atoms with van der Waals surface area (Å²) in [6.07, 6.45) is 4.93. The molecule has 2 aromatic rings. The van der Waals surface area contributed by atoms with Crippen LogP contribution in [0.15, 0.2) is 36.7 Å². The summed E-state index contributed by atoms with van der Waals surface area (Å²) in [6.45, 7) is 2.81. The minimum atomic E-state index is 0.375. The fraction of sp³-hybridized carbons (Fsp3) is 0.357. The Morgan fingerprint density at radius 3 is 2.71 bits per heavy atom. The number of nitrogens with two attached hydrogens (primary N) is 1. The van der Waals surface area contributed by atoms with Gasteiger partial charge < -0.3 is 5.73 Å². The molecule has 0 amide bonds. The Hall–Kier alpha value is -1.61. The van der Waals surface area contributed by atoms with Crippen LogP contribution in [-0.2, 0) is 13.5 Å². The van der Waals surface area contributed by atoms with Gasteiger partial charge in [0.2, 0.25) is 0 Å². The zero-order chi connectivity index (χ0) is 12.3. The van der Waals surface area contributed by atoms with Crippen LogP contribution in [0.4, 0.5) is 0 Å². The van der Waals surface area contributed by atoms with Gasteiger partial charge in [-0.05, 0) is 36.6 Å². The van der Waals surface area contributed by atoms with Crippen molar-refractivity contribution in [2.75, 3.05) is 6.54 Å². The van der Waals surface area contributed by atoms with Crippen molar-refractivity contribution in [1.29, 1.82) is 0 Å². The normalized spacial score (nSPS) is 12.6. The van der Waals surface area contributed by atoms with Gasteiger partial charge in [-0.3, -0.25) is 4.68 Å². The van der Waals surface area contributed by atoms with Crippen LogP contribution >= 0.6 is 0 Å². The van der Waals surface area contributed by atoms with E-state index in [4.69, 9.17) is 5.73 Å². The number of rotatable bonds is 4. The molecular weight excluding hydrogens is 210 g/mol. The van der Waals surface area contributed by atoms with E-state index in [0.717, 1.165) is 6.42 Å². The number of hydrogen-bond acceptors (Lipinski definition) is 2. The smallest absolute Gasteiger partial charge is 0.0521 e. The molecule has 0 fully saturated rings. The van der Waals surface area contributed by atoms with Crippen LogP contribution in [0, 0.1) is 6.92 Å². The molecule has 3 heteroatoms. The van der Waals surface area contributed by atoms with Crippen LogP contribution in [0.3, 0.4) is 0 Å². The van der Waals surface area contributed by atoms with Crippen LogP contribution in [0.1, 0.15) is 22.6 Å². The first-order valence-electron chi connectivity index (χ1n) is 5.94. The molecule has 1 aromatic heterocycles. The Labute approximate surface area is 102 Å². The summed E-state index contributed by atoms with van der Waals surface area (Å²) in [4.78, 5) is 0. The molecule has 1 aromatic carbocycles. The first-order chi connectivity index (χ1) is 8.20. The summed E-state index contributed by atoms with van der Waals surface area (Å²) >= 11 is 0. The van der Waals surface area contributed by atoms with E-state index in [9.17, 15) is 0 Å². The largest absolute Gasteiger partial charge is 0.330 e. The lowest BCUT2D eigenvalue weighted by atomic mass is 9.90. The molecule has 90 valence electrons. The maximum atomic E-state index is 5.90. The summed E-state index contributed by atoms with van der Waals surface area (Å²) in [6, 6.07) is 8.45. The third kappa shape index (κ3) is 2.74. The molecule has 2 rings (SSSR count). The summed E-state index contributed by atoms with van der Waals surface area (Å²) in [5.74, 6) is 0.375. The topological polar surface area (TPSA) is 43.8 Å². The van der Waals surface area contributed by atoms with E-state index >= 15 is 0 Å². The van der Waals surface area contributed by atoms with Gasteiger partial charge in [0.05, 0.1) is 6.20 Å². The first kappa shape index (κ1) is 11.9. The summed E-state index contributed by atoms with van der Waals surface area (Å²) in [7, 11) is 1.94. The molecule has 1 heterocycles. The Bertz CT molecular complexity index is 488. The van der Waals surface area contributed by atoms with Crippen LogP contribution in [0.25, 0.3) is 0 Å². The lowest BCUT2D eigenvalue weighted by Crippen LogP contribution is -2.15. The van der Waals surface area contributed by atoms with E-state index in [-0.39, 0.29) is 0 Å². The van der Waals surface area contributed by atoms with Crippen LogP contribution in [0.5, 0.6) is 0 Å². The van der Waals surface area contributed by atoms with Crippen molar-refractivity contribution in [1.82, 2.24) is 9.78 Å². The molecule has 17 heavy (non-hydrogen) atoms. The average Bonchev–Trinajstić information content (AvgIpc) is 2.73. The van der Waals surface area contributed by atoms with E-state index in [1.165, 1.54) is 16.7 Å². The minimum absolute atomic E-state index is 0.375. The predicted octanol–water partition coefficient (Wildman–Crippen LogP) is 2.01. The predicted molar refractivity (Wildman–Crippen MR) is 69.9 cm³/mol. The molecule has 0 aliphatic heterocycles. The van der Waals surface area contributed by atoms with E-state index in [1.54, 1.807) is 0 Å². The quantitative estimate of drug-likeness (QED) is 0.871. The second-order valence-electron chi connectivity index (χ2n) is 4.52. The third-order valence-electron chi connectivity index (χ3n) is 3.15. The van der Waals surface area contributed by atoms with Gasteiger partial charge in [-0.25, -0.2) is 0 Å². The SMILES string of the molecule is Cc1ccccc1C(CN)Cc1cnn(C)c1. The fourth-order valence-electron chi connectivity index (χ4n) is 2.23. The number of aromatic nitrogens is 2. The molecule has 0 spiro atoms. The summed E-state index contributed by atoms with van der Waals surface area (Å²) in [5.41, 5.74) is 9.80. The molecule has 0 radical (unpaired) electrons.